The van der Waals surface area contributed by atoms with Crippen molar-refractivity contribution in [1.82, 2.24) is 15.2 Å². The Morgan fingerprint density at radius 1 is 0.758 bits per heavy atom. The Morgan fingerprint density at radius 3 is 2.12 bits per heavy atom. The molecule has 0 fully saturated rings. The summed E-state index contributed by atoms with van der Waals surface area (Å²) in [5.74, 6) is -0.297. The Bertz CT molecular complexity index is 1460. The number of halogens is 4. The van der Waals surface area contributed by atoms with Crippen LogP contribution in [-0.4, -0.2) is 15.2 Å². The van der Waals surface area contributed by atoms with Crippen molar-refractivity contribution in [3.05, 3.63) is 83.6 Å². The van der Waals surface area contributed by atoms with Gasteiger partial charge in [-0.05, 0) is 59.7 Å². The molecule has 164 valence electrons. The van der Waals surface area contributed by atoms with Crippen LogP contribution in [0.15, 0.2) is 72.2 Å². The van der Waals surface area contributed by atoms with E-state index in [4.69, 9.17) is 5.73 Å². The van der Waals surface area contributed by atoms with Crippen molar-refractivity contribution in [2.24, 2.45) is 0 Å². The van der Waals surface area contributed by atoms with Crippen LogP contribution >= 0.6 is 11.3 Å². The molecule has 0 amide bonds. The maximum Gasteiger partial charge on any atom is 0.416 e. The summed E-state index contributed by atoms with van der Waals surface area (Å²) in [6.45, 7) is 0. The number of hydrogen-bond acceptors (Lipinski definition) is 5. The molecule has 0 aliphatic heterocycles. The summed E-state index contributed by atoms with van der Waals surface area (Å²) >= 11 is 1.46. The molecule has 0 saturated carbocycles. The molecule has 0 bridgehead atoms. The molecule has 3 aromatic carbocycles. The molecule has 2 heterocycles. The Balaban J connectivity index is 1.79. The van der Waals surface area contributed by atoms with Crippen molar-refractivity contribution in [3.63, 3.8) is 0 Å². The first-order valence-electron chi connectivity index (χ1n) is 9.74. The molecule has 2 N–H and O–H groups in total. The highest BCUT2D eigenvalue weighted by molar-refractivity contribution is 7.16. The summed E-state index contributed by atoms with van der Waals surface area (Å²) in [6, 6.07) is 16.0. The van der Waals surface area contributed by atoms with E-state index in [2.05, 4.69) is 15.2 Å². The number of anilines is 1. The van der Waals surface area contributed by atoms with Crippen molar-refractivity contribution >= 4 is 27.4 Å². The highest BCUT2D eigenvalue weighted by Crippen LogP contribution is 2.42. The van der Waals surface area contributed by atoms with Crippen LogP contribution in [0.4, 0.5) is 23.4 Å². The van der Waals surface area contributed by atoms with Gasteiger partial charge < -0.3 is 5.73 Å². The molecule has 0 atom stereocenters. The zero-order chi connectivity index (χ0) is 23.2. The summed E-state index contributed by atoms with van der Waals surface area (Å²) in [4.78, 5) is 4.28. The van der Waals surface area contributed by atoms with Gasteiger partial charge in [-0.2, -0.15) is 13.2 Å². The lowest BCUT2D eigenvalue weighted by atomic mass is 9.91. The smallest absolute Gasteiger partial charge is 0.382 e. The summed E-state index contributed by atoms with van der Waals surface area (Å²) < 4.78 is 53.9. The van der Waals surface area contributed by atoms with E-state index >= 15 is 0 Å². The third kappa shape index (κ3) is 3.91. The molecule has 0 spiro atoms. The van der Waals surface area contributed by atoms with Crippen LogP contribution in [0.2, 0.25) is 0 Å². The summed E-state index contributed by atoms with van der Waals surface area (Å²) in [6.07, 6.45) is -4.46. The van der Waals surface area contributed by atoms with E-state index in [0.29, 0.717) is 27.9 Å². The number of thiazole rings is 1. The van der Waals surface area contributed by atoms with E-state index in [1.54, 1.807) is 17.6 Å². The van der Waals surface area contributed by atoms with Gasteiger partial charge in [0.2, 0.25) is 0 Å². The first-order valence-corrected chi connectivity index (χ1v) is 10.6. The van der Waals surface area contributed by atoms with E-state index in [-0.39, 0.29) is 5.82 Å². The van der Waals surface area contributed by atoms with Crippen LogP contribution in [0, 0.1) is 5.82 Å². The number of hydrogen-bond donors (Lipinski definition) is 1. The van der Waals surface area contributed by atoms with Gasteiger partial charge in [-0.3, -0.25) is 0 Å². The van der Waals surface area contributed by atoms with E-state index in [9.17, 15) is 17.6 Å². The largest absolute Gasteiger partial charge is 0.416 e. The maximum absolute atomic E-state index is 13.5. The van der Waals surface area contributed by atoms with Crippen LogP contribution in [0.3, 0.4) is 0 Å². The lowest BCUT2D eigenvalue weighted by Gasteiger charge is -2.17. The van der Waals surface area contributed by atoms with Crippen LogP contribution in [-0.2, 0) is 6.18 Å². The average molecular weight is 466 g/mol. The fraction of sp³-hybridized carbons (Fsp3) is 0.0417. The molecule has 0 radical (unpaired) electrons. The number of nitrogens with two attached hydrogens (primary N) is 1. The molecule has 0 unspecified atom stereocenters. The third-order valence-corrected chi connectivity index (χ3v) is 6.03. The minimum absolute atomic E-state index is 0.125. The number of aromatic nitrogens is 3. The van der Waals surface area contributed by atoms with E-state index < -0.39 is 17.6 Å². The quantitative estimate of drug-likeness (QED) is 0.296. The Hall–Kier alpha value is -3.85. The number of benzene rings is 3. The van der Waals surface area contributed by atoms with Gasteiger partial charge in [0.1, 0.15) is 11.5 Å². The standard InChI is InChI=1S/C24H14F4N4S/c25-17-8-3-14(4-9-17)22-20(13-1-6-16(7-2-13)24(26,27)28)21(23(29)32-31-22)15-5-10-18-19(11-15)33-12-30-18/h1-12H,(H2,29,32). The SMILES string of the molecule is Nc1nnc(-c2ccc(F)cc2)c(-c2ccc(C(F)(F)F)cc2)c1-c1ccc2ncsc2c1. The number of fused-ring (bicyclic) bond motifs is 1. The van der Waals surface area contributed by atoms with Crippen molar-refractivity contribution in [3.8, 4) is 33.5 Å². The van der Waals surface area contributed by atoms with Crippen LogP contribution in [0.1, 0.15) is 5.56 Å². The Kier molecular flexibility index (Phi) is 5.05. The van der Waals surface area contributed by atoms with Crippen LogP contribution < -0.4 is 5.73 Å². The van der Waals surface area contributed by atoms with E-state index in [1.165, 1.54) is 35.6 Å². The Morgan fingerprint density at radius 2 is 1.42 bits per heavy atom. The molecule has 5 aromatic rings. The minimum atomic E-state index is -4.46. The second-order valence-electron chi connectivity index (χ2n) is 7.30. The lowest BCUT2D eigenvalue weighted by molar-refractivity contribution is -0.137. The van der Waals surface area contributed by atoms with Gasteiger partial charge >= 0.3 is 6.18 Å². The van der Waals surface area contributed by atoms with Crippen molar-refractivity contribution < 1.29 is 17.6 Å². The van der Waals surface area contributed by atoms with Crippen LogP contribution in [0.25, 0.3) is 43.7 Å². The van der Waals surface area contributed by atoms with Gasteiger partial charge in [-0.1, -0.05) is 18.2 Å². The predicted octanol–water partition coefficient (Wildman–Crippen LogP) is 6.83. The van der Waals surface area contributed by atoms with Crippen molar-refractivity contribution in [1.29, 1.82) is 0 Å². The molecular weight excluding hydrogens is 452 g/mol. The minimum Gasteiger partial charge on any atom is -0.382 e. The molecule has 33 heavy (non-hydrogen) atoms. The molecule has 0 saturated heterocycles. The van der Waals surface area contributed by atoms with Gasteiger partial charge in [0.05, 0.1) is 21.3 Å². The highest BCUT2D eigenvalue weighted by Gasteiger charge is 2.30. The van der Waals surface area contributed by atoms with Gasteiger partial charge in [-0.25, -0.2) is 9.37 Å². The second kappa shape index (κ2) is 7.93. The Labute approximate surface area is 189 Å². The van der Waals surface area contributed by atoms with E-state index in [0.717, 1.165) is 27.9 Å². The predicted molar refractivity (Wildman–Crippen MR) is 121 cm³/mol. The van der Waals surface area contributed by atoms with Gasteiger partial charge in [0.15, 0.2) is 5.82 Å². The number of rotatable bonds is 3. The fourth-order valence-electron chi connectivity index (χ4n) is 3.67. The highest BCUT2D eigenvalue weighted by atomic mass is 32.1. The molecule has 9 heteroatoms. The number of nitrogen functional groups attached to an aromatic ring is 1. The molecular formula is C24H14F4N4S. The summed E-state index contributed by atoms with van der Waals surface area (Å²) in [5, 5.41) is 8.34. The van der Waals surface area contributed by atoms with Gasteiger partial charge in [0, 0.05) is 16.7 Å². The third-order valence-electron chi connectivity index (χ3n) is 5.24. The normalized spacial score (nSPS) is 11.8. The zero-order valence-electron chi connectivity index (χ0n) is 16.8. The molecule has 4 nitrogen and oxygen atoms in total. The monoisotopic (exact) mass is 466 g/mol. The summed E-state index contributed by atoms with van der Waals surface area (Å²) in [7, 11) is 0. The first kappa shape index (κ1) is 21.0. The molecule has 0 aliphatic rings. The van der Waals surface area contributed by atoms with E-state index in [1.807, 2.05) is 18.2 Å². The fourth-order valence-corrected chi connectivity index (χ4v) is 4.39. The molecule has 5 rings (SSSR count). The molecule has 2 aromatic heterocycles. The van der Waals surface area contributed by atoms with Crippen LogP contribution in [0.5, 0.6) is 0 Å². The van der Waals surface area contributed by atoms with Gasteiger partial charge in [0.25, 0.3) is 0 Å². The van der Waals surface area contributed by atoms with Gasteiger partial charge in [-0.15, -0.1) is 21.5 Å². The second-order valence-corrected chi connectivity index (χ2v) is 8.19. The zero-order valence-corrected chi connectivity index (χ0v) is 17.6. The maximum atomic E-state index is 13.5. The average Bonchev–Trinajstić information content (AvgIpc) is 3.27. The topological polar surface area (TPSA) is 64.7 Å². The lowest BCUT2D eigenvalue weighted by Crippen LogP contribution is -2.05. The number of nitrogens with zero attached hydrogens (tertiary/aromatic N) is 3. The van der Waals surface area contributed by atoms with Crippen molar-refractivity contribution in [2.75, 3.05) is 5.73 Å². The van der Waals surface area contributed by atoms with Crippen molar-refractivity contribution in [2.45, 2.75) is 6.18 Å². The number of alkyl halides is 3. The molecule has 0 aliphatic carbocycles. The first-order chi connectivity index (χ1) is 15.8. The summed E-state index contributed by atoms with van der Waals surface area (Å²) in [5.41, 5.74) is 11.2.